The first-order chi connectivity index (χ1) is 11.4. The van der Waals surface area contributed by atoms with Crippen molar-refractivity contribution < 1.29 is 9.18 Å². The molecule has 1 aromatic heterocycles. The zero-order valence-corrected chi connectivity index (χ0v) is 14.5. The van der Waals surface area contributed by atoms with E-state index >= 15 is 0 Å². The summed E-state index contributed by atoms with van der Waals surface area (Å²) in [5, 5.41) is 8.70. The van der Waals surface area contributed by atoms with Crippen LogP contribution in [-0.2, 0) is 0 Å². The van der Waals surface area contributed by atoms with E-state index in [1.807, 2.05) is 20.8 Å². The van der Waals surface area contributed by atoms with E-state index in [1.54, 1.807) is 12.4 Å². The Hall–Kier alpha value is -2.34. The van der Waals surface area contributed by atoms with E-state index in [0.717, 1.165) is 16.8 Å². The van der Waals surface area contributed by atoms with Crippen molar-refractivity contribution in [1.82, 2.24) is 10.3 Å². The van der Waals surface area contributed by atoms with Crippen molar-refractivity contribution in [2.75, 3.05) is 17.2 Å². The van der Waals surface area contributed by atoms with Gasteiger partial charge in [0.25, 0.3) is 0 Å². The van der Waals surface area contributed by atoms with Crippen LogP contribution < -0.4 is 16.0 Å². The number of urea groups is 1. The molecule has 24 heavy (non-hydrogen) atoms. The summed E-state index contributed by atoms with van der Waals surface area (Å²) < 4.78 is 13.1. The third-order valence-corrected chi connectivity index (χ3v) is 3.75. The van der Waals surface area contributed by atoms with Gasteiger partial charge in [-0.25, -0.2) is 9.18 Å². The molecule has 128 valence electrons. The number of hydrogen-bond acceptors (Lipinski definition) is 3. The van der Waals surface area contributed by atoms with Gasteiger partial charge in [0.05, 0.1) is 5.02 Å². The van der Waals surface area contributed by atoms with E-state index in [2.05, 4.69) is 20.9 Å². The molecule has 0 aliphatic carbocycles. The fraction of sp³-hybridized carbons (Fsp3) is 0.294. The number of pyridine rings is 1. The molecule has 0 saturated heterocycles. The molecule has 2 aromatic rings. The zero-order valence-electron chi connectivity index (χ0n) is 13.8. The maximum Gasteiger partial charge on any atom is 0.319 e. The highest BCUT2D eigenvalue weighted by molar-refractivity contribution is 6.31. The van der Waals surface area contributed by atoms with Crippen molar-refractivity contribution in [3.05, 3.63) is 52.6 Å². The Labute approximate surface area is 145 Å². The molecular formula is C17H20ClFN4O. The van der Waals surface area contributed by atoms with Crippen LogP contribution in [-0.4, -0.2) is 23.6 Å². The summed E-state index contributed by atoms with van der Waals surface area (Å²) in [6.45, 7) is 6.34. The first kappa shape index (κ1) is 18.0. The number of aryl methyl sites for hydroxylation is 2. The summed E-state index contributed by atoms with van der Waals surface area (Å²) in [5.41, 5.74) is 3.55. The Bertz CT molecular complexity index is 718. The number of carbonyl (C=O) groups is 1. The average molecular weight is 351 g/mol. The molecule has 1 heterocycles. The topological polar surface area (TPSA) is 66.0 Å². The van der Waals surface area contributed by atoms with Crippen LogP contribution >= 0.6 is 11.6 Å². The summed E-state index contributed by atoms with van der Waals surface area (Å²) in [6.07, 6.45) is 3.58. The molecule has 0 bridgehead atoms. The molecule has 0 aliphatic rings. The van der Waals surface area contributed by atoms with Gasteiger partial charge in [0.15, 0.2) is 0 Å². The van der Waals surface area contributed by atoms with Gasteiger partial charge in [-0.05, 0) is 50.1 Å². The summed E-state index contributed by atoms with van der Waals surface area (Å²) in [4.78, 5) is 16.0. The third kappa shape index (κ3) is 4.83. The highest BCUT2D eigenvalue weighted by Gasteiger charge is 2.09. The second-order valence-corrected chi connectivity index (χ2v) is 6.06. The largest absolute Gasteiger partial charge is 0.380 e. The third-order valence-electron chi connectivity index (χ3n) is 3.46. The van der Waals surface area contributed by atoms with Gasteiger partial charge in [-0.15, -0.1) is 0 Å². The minimum absolute atomic E-state index is 0.0207. The lowest BCUT2D eigenvalue weighted by Gasteiger charge is -2.19. The van der Waals surface area contributed by atoms with Crippen LogP contribution in [0.3, 0.4) is 0 Å². The van der Waals surface area contributed by atoms with Crippen LogP contribution in [0.4, 0.5) is 20.6 Å². The molecule has 1 aromatic carbocycles. The maximum atomic E-state index is 13.1. The van der Waals surface area contributed by atoms with Crippen LogP contribution in [0.1, 0.15) is 18.1 Å². The molecule has 2 rings (SSSR count). The van der Waals surface area contributed by atoms with Gasteiger partial charge in [0.1, 0.15) is 5.82 Å². The molecule has 7 heteroatoms. The maximum absolute atomic E-state index is 13.1. The highest BCUT2D eigenvalue weighted by atomic mass is 35.5. The Morgan fingerprint density at radius 2 is 1.96 bits per heavy atom. The Kier molecular flexibility index (Phi) is 5.98. The predicted molar refractivity (Wildman–Crippen MR) is 95.2 cm³/mol. The molecule has 0 fully saturated rings. The van der Waals surface area contributed by atoms with Crippen molar-refractivity contribution in [2.24, 2.45) is 0 Å². The lowest BCUT2D eigenvalue weighted by Crippen LogP contribution is -2.37. The second-order valence-electron chi connectivity index (χ2n) is 5.66. The first-order valence-electron chi connectivity index (χ1n) is 7.54. The van der Waals surface area contributed by atoms with Crippen LogP contribution in [0, 0.1) is 19.7 Å². The fourth-order valence-corrected chi connectivity index (χ4v) is 2.40. The molecule has 0 spiro atoms. The molecule has 5 nitrogen and oxygen atoms in total. The number of amides is 2. The van der Waals surface area contributed by atoms with Crippen molar-refractivity contribution in [3.8, 4) is 0 Å². The normalized spacial score (nSPS) is 11.7. The average Bonchev–Trinajstić information content (AvgIpc) is 2.53. The van der Waals surface area contributed by atoms with Gasteiger partial charge in [0, 0.05) is 36.4 Å². The lowest BCUT2D eigenvalue weighted by atomic mass is 10.1. The number of halogens is 2. The van der Waals surface area contributed by atoms with E-state index in [4.69, 9.17) is 11.6 Å². The minimum atomic E-state index is -0.525. The quantitative estimate of drug-likeness (QED) is 0.760. The molecule has 0 radical (unpaired) electrons. The molecular weight excluding hydrogens is 331 g/mol. The van der Waals surface area contributed by atoms with E-state index in [-0.39, 0.29) is 17.1 Å². The Morgan fingerprint density at radius 3 is 2.58 bits per heavy atom. The summed E-state index contributed by atoms with van der Waals surface area (Å²) in [7, 11) is 0. The standard InChI is InChI=1S/C17H20ClFN4O/c1-10-7-20-8-11(2)16(10)22-12(3)9-21-17(24)23-13-4-5-15(19)14(18)6-13/h4-8,12H,9H2,1-3H3,(H,20,22)(H2,21,23,24). The monoisotopic (exact) mass is 350 g/mol. The van der Waals surface area contributed by atoms with Gasteiger partial charge in [-0.1, -0.05) is 11.6 Å². The summed E-state index contributed by atoms with van der Waals surface area (Å²) >= 11 is 5.68. The lowest BCUT2D eigenvalue weighted by molar-refractivity contribution is 0.252. The summed E-state index contributed by atoms with van der Waals surface area (Å²) in [5.74, 6) is -0.525. The molecule has 1 unspecified atom stereocenters. The van der Waals surface area contributed by atoms with Crippen molar-refractivity contribution in [1.29, 1.82) is 0 Å². The SMILES string of the molecule is Cc1cncc(C)c1NC(C)CNC(=O)Nc1ccc(F)c(Cl)c1. The van der Waals surface area contributed by atoms with Gasteiger partial charge in [-0.3, -0.25) is 4.98 Å². The fourth-order valence-electron chi connectivity index (χ4n) is 2.22. The number of rotatable bonds is 5. The van der Waals surface area contributed by atoms with Gasteiger partial charge < -0.3 is 16.0 Å². The number of hydrogen-bond donors (Lipinski definition) is 3. The highest BCUT2D eigenvalue weighted by Crippen LogP contribution is 2.20. The molecule has 0 saturated carbocycles. The number of aromatic nitrogens is 1. The van der Waals surface area contributed by atoms with Crippen molar-refractivity contribution in [3.63, 3.8) is 0 Å². The Morgan fingerprint density at radius 1 is 1.29 bits per heavy atom. The van der Waals surface area contributed by atoms with Gasteiger partial charge >= 0.3 is 6.03 Å². The number of nitrogens with zero attached hydrogens (tertiary/aromatic N) is 1. The van der Waals surface area contributed by atoms with Crippen molar-refractivity contribution in [2.45, 2.75) is 26.8 Å². The first-order valence-corrected chi connectivity index (χ1v) is 7.92. The number of carbonyl (C=O) groups excluding carboxylic acids is 1. The van der Waals surface area contributed by atoms with Crippen LogP contribution in [0.5, 0.6) is 0 Å². The predicted octanol–water partition coefficient (Wildman–Crippen LogP) is 4.11. The van der Waals surface area contributed by atoms with Crippen LogP contribution in [0.2, 0.25) is 5.02 Å². The molecule has 3 N–H and O–H groups in total. The van der Waals surface area contributed by atoms with E-state index < -0.39 is 5.82 Å². The van der Waals surface area contributed by atoms with Gasteiger partial charge in [0.2, 0.25) is 0 Å². The Balaban J connectivity index is 1.86. The second kappa shape index (κ2) is 7.97. The molecule has 2 amide bonds. The van der Waals surface area contributed by atoms with Crippen molar-refractivity contribution >= 4 is 29.0 Å². The van der Waals surface area contributed by atoms with Crippen LogP contribution in [0.15, 0.2) is 30.6 Å². The van der Waals surface area contributed by atoms with E-state index in [0.29, 0.717) is 12.2 Å². The minimum Gasteiger partial charge on any atom is -0.380 e. The smallest absolute Gasteiger partial charge is 0.319 e. The van der Waals surface area contributed by atoms with E-state index in [1.165, 1.54) is 18.2 Å². The van der Waals surface area contributed by atoms with E-state index in [9.17, 15) is 9.18 Å². The number of nitrogens with one attached hydrogen (secondary N) is 3. The summed E-state index contributed by atoms with van der Waals surface area (Å²) in [6, 6.07) is 3.66. The molecule has 1 atom stereocenters. The number of anilines is 2. The zero-order chi connectivity index (χ0) is 17.7. The van der Waals surface area contributed by atoms with Gasteiger partial charge in [-0.2, -0.15) is 0 Å². The molecule has 0 aliphatic heterocycles. The number of benzene rings is 1. The van der Waals surface area contributed by atoms with Crippen LogP contribution in [0.25, 0.3) is 0 Å².